The number of rotatable bonds is 6. The number of sulfonamides is 1. The average Bonchev–Trinajstić information content (AvgIpc) is 3.13. The van der Waals surface area contributed by atoms with Gasteiger partial charge in [0.05, 0.1) is 0 Å². The largest absolute Gasteiger partial charge is 0.366 e. The predicted molar refractivity (Wildman–Crippen MR) is 74.1 cm³/mol. The van der Waals surface area contributed by atoms with Crippen LogP contribution >= 0.6 is 15.9 Å². The highest BCUT2D eigenvalue weighted by atomic mass is 79.9. The normalized spacial score (nSPS) is 15.7. The summed E-state index contributed by atoms with van der Waals surface area (Å²) in [7, 11) is -3.50. The van der Waals surface area contributed by atoms with Crippen LogP contribution in [0.1, 0.15) is 26.2 Å². The highest BCUT2D eigenvalue weighted by molar-refractivity contribution is 9.10. The molecule has 0 saturated heterocycles. The summed E-state index contributed by atoms with van der Waals surface area (Å²) in [4.78, 5) is 4.36. The fourth-order valence-corrected chi connectivity index (χ4v) is 3.23. The summed E-state index contributed by atoms with van der Waals surface area (Å²) < 4.78 is 27.5. The molecule has 2 rings (SSSR count). The first-order valence-electron chi connectivity index (χ1n) is 5.94. The van der Waals surface area contributed by atoms with Crippen molar-refractivity contribution in [3.63, 3.8) is 0 Å². The second-order valence-corrected chi connectivity index (χ2v) is 6.97. The minimum atomic E-state index is -3.50. The van der Waals surface area contributed by atoms with Gasteiger partial charge in [-0.2, -0.15) is 0 Å². The van der Waals surface area contributed by atoms with Crippen LogP contribution in [0.5, 0.6) is 0 Å². The van der Waals surface area contributed by atoms with E-state index in [1.54, 1.807) is 12.3 Å². The lowest BCUT2D eigenvalue weighted by molar-refractivity contribution is 0.580. The zero-order valence-corrected chi connectivity index (χ0v) is 12.5. The summed E-state index contributed by atoms with van der Waals surface area (Å²) in [5.74, 6) is 0.435. The molecule has 1 aromatic rings. The zero-order chi connectivity index (χ0) is 13.2. The second-order valence-electron chi connectivity index (χ2n) is 4.32. The molecule has 100 valence electrons. The van der Waals surface area contributed by atoms with Gasteiger partial charge in [0.25, 0.3) is 0 Å². The lowest BCUT2D eigenvalue weighted by Gasteiger charge is -2.12. The molecule has 0 aliphatic heterocycles. The molecule has 1 aromatic heterocycles. The first-order valence-corrected chi connectivity index (χ1v) is 8.22. The number of pyridine rings is 1. The van der Waals surface area contributed by atoms with Crippen molar-refractivity contribution < 1.29 is 8.42 Å². The SMILES string of the molecule is CCCNS(=O)(=O)c1cc(Br)cnc1NC1CC1. The Hall–Kier alpha value is -0.660. The van der Waals surface area contributed by atoms with Gasteiger partial charge >= 0.3 is 0 Å². The molecule has 0 spiro atoms. The van der Waals surface area contributed by atoms with Crippen LogP contribution in [0.4, 0.5) is 5.82 Å². The van der Waals surface area contributed by atoms with Crippen LogP contribution in [0.3, 0.4) is 0 Å². The Morgan fingerprint density at radius 2 is 2.22 bits per heavy atom. The molecule has 1 fully saturated rings. The van der Waals surface area contributed by atoms with Crippen molar-refractivity contribution in [3.8, 4) is 0 Å². The van der Waals surface area contributed by atoms with Crippen molar-refractivity contribution in [1.82, 2.24) is 9.71 Å². The van der Waals surface area contributed by atoms with E-state index in [1.807, 2.05) is 6.92 Å². The van der Waals surface area contributed by atoms with Crippen LogP contribution in [-0.4, -0.2) is 26.0 Å². The third-order valence-electron chi connectivity index (χ3n) is 2.57. The monoisotopic (exact) mass is 333 g/mol. The molecule has 1 heterocycles. The van der Waals surface area contributed by atoms with E-state index in [0.717, 1.165) is 19.3 Å². The number of hydrogen-bond donors (Lipinski definition) is 2. The van der Waals surface area contributed by atoms with E-state index in [0.29, 0.717) is 22.9 Å². The predicted octanol–water partition coefficient (Wildman–Crippen LogP) is 2.11. The summed E-state index contributed by atoms with van der Waals surface area (Å²) in [5.41, 5.74) is 0. The van der Waals surface area contributed by atoms with Crippen LogP contribution in [0, 0.1) is 0 Å². The van der Waals surface area contributed by atoms with Gasteiger partial charge in [0.2, 0.25) is 10.0 Å². The zero-order valence-electron chi connectivity index (χ0n) is 10.1. The lowest BCUT2D eigenvalue weighted by Crippen LogP contribution is -2.26. The Labute approximate surface area is 116 Å². The van der Waals surface area contributed by atoms with Gasteiger partial charge in [-0.3, -0.25) is 0 Å². The number of nitrogens with one attached hydrogen (secondary N) is 2. The minimum absolute atomic E-state index is 0.206. The summed E-state index contributed by atoms with van der Waals surface area (Å²) in [6, 6.07) is 1.94. The smallest absolute Gasteiger partial charge is 0.244 e. The molecule has 1 saturated carbocycles. The first-order chi connectivity index (χ1) is 8.53. The van der Waals surface area contributed by atoms with Crippen LogP contribution in [0.25, 0.3) is 0 Å². The maximum Gasteiger partial charge on any atom is 0.244 e. The molecule has 0 bridgehead atoms. The molecule has 5 nitrogen and oxygen atoms in total. The number of aromatic nitrogens is 1. The van der Waals surface area contributed by atoms with Crippen LogP contribution in [0.15, 0.2) is 21.6 Å². The summed E-state index contributed by atoms with van der Waals surface area (Å²) in [5, 5.41) is 3.14. The molecular weight excluding hydrogens is 318 g/mol. The van der Waals surface area contributed by atoms with Gasteiger partial charge in [-0.25, -0.2) is 18.1 Å². The number of hydrogen-bond acceptors (Lipinski definition) is 4. The Morgan fingerprint density at radius 1 is 1.50 bits per heavy atom. The molecular formula is C11H16BrN3O2S. The summed E-state index contributed by atoms with van der Waals surface area (Å²) in [6.45, 7) is 2.35. The Bertz CT molecular complexity index is 529. The molecule has 0 radical (unpaired) electrons. The highest BCUT2D eigenvalue weighted by Crippen LogP contribution is 2.28. The van der Waals surface area contributed by atoms with E-state index >= 15 is 0 Å². The number of nitrogens with zero attached hydrogens (tertiary/aromatic N) is 1. The molecule has 1 aliphatic rings. The highest BCUT2D eigenvalue weighted by Gasteiger charge is 2.26. The van der Waals surface area contributed by atoms with Gasteiger partial charge in [-0.15, -0.1) is 0 Å². The maximum atomic E-state index is 12.2. The van der Waals surface area contributed by atoms with Gasteiger partial charge in [-0.1, -0.05) is 6.92 Å². The Balaban J connectivity index is 2.30. The van der Waals surface area contributed by atoms with E-state index in [9.17, 15) is 8.42 Å². The van der Waals surface area contributed by atoms with Crippen LogP contribution < -0.4 is 10.0 Å². The molecule has 0 aromatic carbocycles. The van der Waals surface area contributed by atoms with Gasteiger partial charge < -0.3 is 5.32 Å². The van der Waals surface area contributed by atoms with Crippen LogP contribution in [-0.2, 0) is 10.0 Å². The number of anilines is 1. The van der Waals surface area contributed by atoms with E-state index in [-0.39, 0.29) is 4.90 Å². The van der Waals surface area contributed by atoms with Crippen molar-refractivity contribution in [3.05, 3.63) is 16.7 Å². The van der Waals surface area contributed by atoms with Crippen molar-refractivity contribution in [1.29, 1.82) is 0 Å². The van der Waals surface area contributed by atoms with E-state index in [4.69, 9.17) is 0 Å². The van der Waals surface area contributed by atoms with Gasteiger partial charge in [0.15, 0.2) is 0 Å². The van der Waals surface area contributed by atoms with Crippen molar-refractivity contribution >= 4 is 31.8 Å². The fraction of sp³-hybridized carbons (Fsp3) is 0.545. The van der Waals surface area contributed by atoms with E-state index in [1.165, 1.54) is 0 Å². The molecule has 0 amide bonds. The quantitative estimate of drug-likeness (QED) is 0.836. The maximum absolute atomic E-state index is 12.2. The molecule has 18 heavy (non-hydrogen) atoms. The van der Waals surface area contributed by atoms with Gasteiger partial charge in [-0.05, 0) is 41.3 Å². The molecule has 2 N–H and O–H groups in total. The molecule has 0 atom stereocenters. The van der Waals surface area contributed by atoms with Crippen molar-refractivity contribution in [2.75, 3.05) is 11.9 Å². The second kappa shape index (κ2) is 5.54. The van der Waals surface area contributed by atoms with Gasteiger partial charge in [0, 0.05) is 23.3 Å². The molecule has 7 heteroatoms. The van der Waals surface area contributed by atoms with E-state index in [2.05, 4.69) is 31.0 Å². The van der Waals surface area contributed by atoms with Crippen molar-refractivity contribution in [2.24, 2.45) is 0 Å². The first kappa shape index (κ1) is 13.8. The molecule has 0 unspecified atom stereocenters. The molecule has 1 aliphatic carbocycles. The third-order valence-corrected chi connectivity index (χ3v) is 4.48. The topological polar surface area (TPSA) is 71.1 Å². The Kier molecular flexibility index (Phi) is 4.24. The van der Waals surface area contributed by atoms with Crippen LogP contribution in [0.2, 0.25) is 0 Å². The number of halogens is 1. The minimum Gasteiger partial charge on any atom is -0.366 e. The average molecular weight is 334 g/mol. The Morgan fingerprint density at radius 3 is 2.83 bits per heavy atom. The summed E-state index contributed by atoms with van der Waals surface area (Å²) >= 11 is 3.26. The lowest BCUT2D eigenvalue weighted by atomic mass is 10.4. The fourth-order valence-electron chi connectivity index (χ4n) is 1.47. The third kappa shape index (κ3) is 3.43. The standard InChI is InChI=1S/C11H16BrN3O2S/c1-2-5-14-18(16,17)10-6-8(12)7-13-11(10)15-9-3-4-9/h6-7,9,14H,2-5H2,1H3,(H,13,15). The van der Waals surface area contributed by atoms with Crippen molar-refractivity contribution in [2.45, 2.75) is 37.1 Å². The van der Waals surface area contributed by atoms with E-state index < -0.39 is 10.0 Å². The summed E-state index contributed by atoms with van der Waals surface area (Å²) in [6.07, 6.45) is 4.49. The van der Waals surface area contributed by atoms with Gasteiger partial charge in [0.1, 0.15) is 10.7 Å².